The summed E-state index contributed by atoms with van der Waals surface area (Å²) < 4.78 is 1.02. The molecule has 0 bridgehead atoms. The van der Waals surface area contributed by atoms with E-state index in [4.69, 9.17) is 23.2 Å². The van der Waals surface area contributed by atoms with Gasteiger partial charge in [-0.05, 0) is 46.8 Å². The maximum Gasteiger partial charge on any atom is 0.141 e. The lowest BCUT2D eigenvalue weighted by atomic mass is 10.3. The molecule has 1 saturated carbocycles. The van der Waals surface area contributed by atoms with Gasteiger partial charge < -0.3 is 0 Å². The molecule has 1 aliphatic carbocycles. The average molecular weight is 460 g/mol. The van der Waals surface area contributed by atoms with Crippen molar-refractivity contribution in [2.75, 3.05) is 0 Å². The quantitative estimate of drug-likeness (QED) is 0.312. The van der Waals surface area contributed by atoms with Crippen molar-refractivity contribution in [3.05, 3.63) is 43.8 Å². The molecule has 1 aliphatic rings. The van der Waals surface area contributed by atoms with Gasteiger partial charge in [0.2, 0.25) is 0 Å². The lowest BCUT2D eigenvalue weighted by Crippen LogP contribution is -1.76. The Bertz CT molecular complexity index is 1030. The lowest BCUT2D eigenvalue weighted by molar-refractivity contribution is 1.18. The lowest BCUT2D eigenvalue weighted by Gasteiger charge is -1.87. The molecular weight excluding hydrogens is 451 g/mol. The molecule has 9 heteroatoms. The van der Waals surface area contributed by atoms with E-state index < -0.39 is 0 Å². The Labute approximate surface area is 164 Å². The van der Waals surface area contributed by atoms with Crippen LogP contribution in [0.1, 0.15) is 23.6 Å². The van der Waals surface area contributed by atoms with Gasteiger partial charge in [-0.1, -0.05) is 23.2 Å². The summed E-state index contributed by atoms with van der Waals surface area (Å²) in [7, 11) is 0. The van der Waals surface area contributed by atoms with E-state index in [-0.39, 0.29) is 0 Å². The summed E-state index contributed by atoms with van der Waals surface area (Å²) in [5.74, 6) is 0.773. The fourth-order valence-corrected chi connectivity index (χ4v) is 5.28. The summed E-state index contributed by atoms with van der Waals surface area (Å²) in [4.78, 5) is 19.4. The Hall–Kier alpha value is -0.860. The summed E-state index contributed by atoms with van der Waals surface area (Å²) >= 11 is 18.4. The van der Waals surface area contributed by atoms with Gasteiger partial charge in [0.15, 0.2) is 0 Å². The van der Waals surface area contributed by atoms with Crippen molar-refractivity contribution in [2.24, 2.45) is 0 Å². The molecule has 0 spiro atoms. The van der Waals surface area contributed by atoms with E-state index in [0.717, 1.165) is 30.1 Å². The molecule has 0 aliphatic heterocycles. The summed E-state index contributed by atoms with van der Waals surface area (Å²) in [6.07, 6.45) is 5.63. The van der Waals surface area contributed by atoms with Crippen molar-refractivity contribution in [3.63, 3.8) is 0 Å². The molecule has 0 aromatic carbocycles. The molecule has 4 nitrogen and oxygen atoms in total. The van der Waals surface area contributed by atoms with Gasteiger partial charge in [-0.3, -0.25) is 0 Å². The first-order chi connectivity index (χ1) is 11.6. The molecule has 0 radical (unpaired) electrons. The van der Waals surface area contributed by atoms with Gasteiger partial charge in [-0.2, -0.15) is 0 Å². The largest absolute Gasteiger partial charge is 0.225 e. The molecular formula is C15H9BrCl2N4S2. The molecule has 24 heavy (non-hydrogen) atoms. The van der Waals surface area contributed by atoms with Crippen LogP contribution in [0.4, 0.5) is 0 Å². The highest BCUT2D eigenvalue weighted by Crippen LogP contribution is 2.45. The summed E-state index contributed by atoms with van der Waals surface area (Å²) in [5.41, 5.74) is 0. The fourth-order valence-electron chi connectivity index (χ4n) is 2.21. The van der Waals surface area contributed by atoms with Gasteiger partial charge in [-0.25, -0.2) is 19.9 Å². The molecule has 4 aromatic rings. The van der Waals surface area contributed by atoms with Gasteiger partial charge in [0.1, 0.15) is 32.6 Å². The number of fused-ring (bicyclic) bond motifs is 2. The van der Waals surface area contributed by atoms with Crippen molar-refractivity contribution >= 4 is 82.2 Å². The van der Waals surface area contributed by atoms with Crippen molar-refractivity contribution in [1.29, 1.82) is 0 Å². The predicted octanol–water partition coefficient (Wildman–Crippen LogP) is 6.33. The second-order valence-electron chi connectivity index (χ2n) is 5.24. The molecule has 122 valence electrons. The highest BCUT2D eigenvalue weighted by Gasteiger charge is 2.26. The number of nitrogens with zero attached hydrogens (tertiary/aromatic N) is 4. The third-order valence-electron chi connectivity index (χ3n) is 3.53. The third-order valence-corrected chi connectivity index (χ3v) is 6.88. The Kier molecular flexibility index (Phi) is 4.70. The second-order valence-corrected chi connectivity index (χ2v) is 9.43. The van der Waals surface area contributed by atoms with E-state index in [9.17, 15) is 0 Å². The molecule has 0 saturated heterocycles. The van der Waals surface area contributed by atoms with E-state index in [2.05, 4.69) is 41.9 Å². The number of hydrogen-bond acceptors (Lipinski definition) is 6. The first kappa shape index (κ1) is 16.6. The van der Waals surface area contributed by atoms with E-state index >= 15 is 0 Å². The fraction of sp³-hybridized carbons (Fsp3) is 0.200. The normalized spacial score (nSPS) is 14.0. The number of halogens is 3. The maximum atomic E-state index is 5.95. The molecule has 0 amide bonds. The van der Waals surface area contributed by atoms with Crippen LogP contribution in [0, 0.1) is 0 Å². The summed E-state index contributed by atoms with van der Waals surface area (Å²) in [6, 6.07) is 4.06. The van der Waals surface area contributed by atoms with Gasteiger partial charge in [-0.15, -0.1) is 22.7 Å². The van der Waals surface area contributed by atoms with Crippen LogP contribution in [0.25, 0.3) is 20.4 Å². The molecule has 4 aromatic heterocycles. The minimum Gasteiger partial charge on any atom is -0.225 e. The van der Waals surface area contributed by atoms with Crippen LogP contribution in [0.3, 0.4) is 0 Å². The minimum absolute atomic E-state index is 0.511. The van der Waals surface area contributed by atoms with Crippen molar-refractivity contribution in [2.45, 2.75) is 18.8 Å². The summed E-state index contributed by atoms with van der Waals surface area (Å²) in [5, 5.41) is 3.01. The van der Waals surface area contributed by atoms with Crippen LogP contribution in [-0.4, -0.2) is 19.9 Å². The molecule has 4 heterocycles. The topological polar surface area (TPSA) is 51.6 Å². The summed E-state index contributed by atoms with van der Waals surface area (Å²) in [6.45, 7) is 0. The van der Waals surface area contributed by atoms with E-state index in [1.807, 2.05) is 6.07 Å². The molecule has 1 fully saturated rings. The number of aromatic nitrogens is 4. The zero-order chi connectivity index (χ0) is 16.7. The van der Waals surface area contributed by atoms with Crippen LogP contribution in [0.2, 0.25) is 10.3 Å². The maximum absolute atomic E-state index is 5.95. The SMILES string of the molecule is Clc1ncnc2sc(Br)cc12.Clc1ncnc2sc(C3CC3)cc12. The standard InChI is InChI=1S/C9H7ClN2S.C6H2BrClN2S/c10-8-6-3-7(5-1-2-5)13-9(6)12-4-11-8;7-4-1-3-5(8)9-2-10-6(3)11-4/h3-5H,1-2H2;1-2H. The van der Waals surface area contributed by atoms with E-state index in [1.165, 1.54) is 30.4 Å². The van der Waals surface area contributed by atoms with Crippen molar-refractivity contribution in [3.8, 4) is 0 Å². The van der Waals surface area contributed by atoms with Crippen molar-refractivity contribution < 1.29 is 0 Å². The highest BCUT2D eigenvalue weighted by molar-refractivity contribution is 9.11. The van der Waals surface area contributed by atoms with Gasteiger partial charge in [0, 0.05) is 15.6 Å². The average Bonchev–Trinajstić information content (AvgIpc) is 3.19. The first-order valence-corrected chi connectivity index (χ1v) is 10.3. The molecule has 5 rings (SSSR count). The Balaban J connectivity index is 0.000000123. The number of hydrogen-bond donors (Lipinski definition) is 0. The molecule has 0 unspecified atom stereocenters. The third kappa shape index (κ3) is 3.41. The van der Waals surface area contributed by atoms with Crippen molar-refractivity contribution in [1.82, 2.24) is 19.9 Å². The number of thiophene rings is 2. The van der Waals surface area contributed by atoms with Crippen LogP contribution in [-0.2, 0) is 0 Å². The van der Waals surface area contributed by atoms with E-state index in [0.29, 0.717) is 10.3 Å². The van der Waals surface area contributed by atoms with Gasteiger partial charge >= 0.3 is 0 Å². The van der Waals surface area contributed by atoms with Gasteiger partial charge in [0.05, 0.1) is 3.79 Å². The Morgan fingerprint density at radius 3 is 2.00 bits per heavy atom. The highest BCUT2D eigenvalue weighted by atomic mass is 79.9. The molecule has 0 atom stereocenters. The van der Waals surface area contributed by atoms with Crippen LogP contribution in [0.5, 0.6) is 0 Å². The minimum atomic E-state index is 0.511. The molecule has 0 N–H and O–H groups in total. The Morgan fingerprint density at radius 1 is 0.875 bits per heavy atom. The van der Waals surface area contributed by atoms with E-state index in [1.54, 1.807) is 22.7 Å². The van der Waals surface area contributed by atoms with Crippen LogP contribution >= 0.6 is 61.8 Å². The smallest absolute Gasteiger partial charge is 0.141 e. The zero-order valence-electron chi connectivity index (χ0n) is 12.0. The zero-order valence-corrected chi connectivity index (χ0v) is 16.8. The second kappa shape index (κ2) is 6.80. The predicted molar refractivity (Wildman–Crippen MR) is 105 cm³/mol. The first-order valence-electron chi connectivity index (χ1n) is 7.07. The monoisotopic (exact) mass is 458 g/mol. The number of rotatable bonds is 1. The van der Waals surface area contributed by atoms with Crippen LogP contribution < -0.4 is 0 Å². The van der Waals surface area contributed by atoms with Gasteiger partial charge in [0.25, 0.3) is 0 Å². The Morgan fingerprint density at radius 2 is 1.46 bits per heavy atom. The van der Waals surface area contributed by atoms with Crippen LogP contribution in [0.15, 0.2) is 28.6 Å².